The van der Waals surface area contributed by atoms with Gasteiger partial charge in [0.05, 0.1) is 5.92 Å². The molecule has 1 aliphatic carbocycles. The van der Waals surface area contributed by atoms with Crippen LogP contribution in [0.3, 0.4) is 0 Å². The zero-order valence-corrected chi connectivity index (χ0v) is 14.8. The van der Waals surface area contributed by atoms with Crippen molar-refractivity contribution >= 4 is 11.9 Å². The topological polar surface area (TPSA) is 110 Å². The number of aliphatic carboxylic acids is 2. The Labute approximate surface area is 156 Å². The molecule has 1 aliphatic heterocycles. The summed E-state index contributed by atoms with van der Waals surface area (Å²) in [7, 11) is 0. The predicted octanol–water partition coefficient (Wildman–Crippen LogP) is 3.06. The van der Waals surface area contributed by atoms with Crippen LogP contribution in [0.2, 0.25) is 0 Å². The summed E-state index contributed by atoms with van der Waals surface area (Å²) >= 11 is 0. The lowest BCUT2D eigenvalue weighted by Gasteiger charge is -2.34. The van der Waals surface area contributed by atoms with Crippen LogP contribution in [0.15, 0.2) is 48.5 Å². The summed E-state index contributed by atoms with van der Waals surface area (Å²) in [6.45, 7) is 1.75. The van der Waals surface area contributed by atoms with Gasteiger partial charge in [-0.05, 0) is 24.5 Å². The van der Waals surface area contributed by atoms with E-state index in [0.717, 1.165) is 11.1 Å². The first-order valence-electron chi connectivity index (χ1n) is 8.95. The van der Waals surface area contributed by atoms with Crippen LogP contribution < -0.4 is 10.5 Å². The van der Waals surface area contributed by atoms with Crippen LogP contribution in [0.4, 0.5) is 0 Å². The van der Waals surface area contributed by atoms with Crippen LogP contribution in [-0.4, -0.2) is 27.7 Å². The van der Waals surface area contributed by atoms with Crippen LogP contribution in [0.25, 0.3) is 0 Å². The summed E-state index contributed by atoms with van der Waals surface area (Å²) in [4.78, 5) is 23.6. The summed E-state index contributed by atoms with van der Waals surface area (Å²) in [6.07, 6.45) is 0.110. The van der Waals surface area contributed by atoms with Crippen molar-refractivity contribution in [3.63, 3.8) is 0 Å². The third kappa shape index (κ3) is 2.68. The van der Waals surface area contributed by atoms with Gasteiger partial charge in [-0.1, -0.05) is 43.3 Å². The molecule has 4 rings (SSSR count). The van der Waals surface area contributed by atoms with Crippen molar-refractivity contribution in [2.45, 2.75) is 24.8 Å². The van der Waals surface area contributed by atoms with Crippen molar-refractivity contribution in [1.82, 2.24) is 0 Å². The summed E-state index contributed by atoms with van der Waals surface area (Å²) in [5, 5.41) is 19.3. The van der Waals surface area contributed by atoms with E-state index in [0.29, 0.717) is 11.5 Å². The third-order valence-electron chi connectivity index (χ3n) is 6.01. The SMILES string of the molecule is CC1C(C(=O)O)C1C(N)(CC1c2ccccc2Oc2ccccc21)C(=O)O. The molecule has 0 spiro atoms. The first kappa shape index (κ1) is 17.5. The molecule has 2 aliphatic rings. The lowest BCUT2D eigenvalue weighted by Crippen LogP contribution is -2.52. The Morgan fingerprint density at radius 2 is 1.56 bits per heavy atom. The number of hydrogen-bond donors (Lipinski definition) is 3. The number of carbonyl (C=O) groups is 2. The smallest absolute Gasteiger partial charge is 0.324 e. The zero-order chi connectivity index (χ0) is 19.3. The molecular formula is C21H21NO5. The van der Waals surface area contributed by atoms with Gasteiger partial charge < -0.3 is 20.7 Å². The van der Waals surface area contributed by atoms with Crippen LogP contribution in [0, 0.1) is 17.8 Å². The minimum Gasteiger partial charge on any atom is -0.481 e. The highest BCUT2D eigenvalue weighted by molar-refractivity contribution is 5.84. The van der Waals surface area contributed by atoms with Crippen molar-refractivity contribution in [3.05, 3.63) is 59.7 Å². The van der Waals surface area contributed by atoms with Gasteiger partial charge in [0.2, 0.25) is 0 Å². The van der Waals surface area contributed by atoms with Crippen molar-refractivity contribution in [3.8, 4) is 11.5 Å². The maximum atomic E-state index is 12.2. The highest BCUT2D eigenvalue weighted by Gasteiger charge is 2.64. The Balaban J connectivity index is 1.77. The van der Waals surface area contributed by atoms with Gasteiger partial charge >= 0.3 is 11.9 Å². The number of para-hydroxylation sites is 2. The second-order valence-electron chi connectivity index (χ2n) is 7.53. The minimum absolute atomic E-state index is 0.110. The van der Waals surface area contributed by atoms with E-state index in [1.54, 1.807) is 6.92 Å². The highest BCUT2D eigenvalue weighted by atomic mass is 16.5. The quantitative estimate of drug-likeness (QED) is 0.749. The molecule has 2 aromatic carbocycles. The Morgan fingerprint density at radius 3 is 2.00 bits per heavy atom. The highest BCUT2D eigenvalue weighted by Crippen LogP contribution is 2.56. The van der Waals surface area contributed by atoms with Gasteiger partial charge in [-0.2, -0.15) is 0 Å². The van der Waals surface area contributed by atoms with Crippen molar-refractivity contribution < 1.29 is 24.5 Å². The molecule has 0 aromatic heterocycles. The number of carboxylic acids is 2. The van der Waals surface area contributed by atoms with Crippen LogP contribution in [-0.2, 0) is 9.59 Å². The maximum absolute atomic E-state index is 12.2. The van der Waals surface area contributed by atoms with E-state index in [-0.39, 0.29) is 18.3 Å². The van der Waals surface area contributed by atoms with E-state index in [1.807, 2.05) is 48.5 Å². The van der Waals surface area contributed by atoms with E-state index in [9.17, 15) is 19.8 Å². The summed E-state index contributed by atoms with van der Waals surface area (Å²) < 4.78 is 5.96. The molecule has 27 heavy (non-hydrogen) atoms. The summed E-state index contributed by atoms with van der Waals surface area (Å²) in [5.74, 6) is -2.68. The fourth-order valence-corrected chi connectivity index (χ4v) is 4.56. The zero-order valence-electron chi connectivity index (χ0n) is 14.8. The van der Waals surface area contributed by atoms with Crippen molar-refractivity contribution in [2.75, 3.05) is 0 Å². The number of ether oxygens (including phenoxy) is 1. The number of fused-ring (bicyclic) bond motifs is 2. The molecule has 1 heterocycles. The number of carboxylic acid groups (broad SMARTS) is 2. The Hall–Kier alpha value is -2.86. The lowest BCUT2D eigenvalue weighted by atomic mass is 9.75. The minimum atomic E-state index is -1.63. The molecule has 0 bridgehead atoms. The van der Waals surface area contributed by atoms with E-state index in [1.165, 1.54) is 0 Å². The monoisotopic (exact) mass is 367 g/mol. The number of hydrogen-bond acceptors (Lipinski definition) is 4. The van der Waals surface area contributed by atoms with E-state index in [4.69, 9.17) is 10.5 Å². The molecule has 0 saturated heterocycles. The molecule has 4 N–H and O–H groups in total. The molecule has 1 fully saturated rings. The van der Waals surface area contributed by atoms with Crippen LogP contribution in [0.5, 0.6) is 11.5 Å². The average molecular weight is 367 g/mol. The second-order valence-corrected chi connectivity index (χ2v) is 7.53. The molecular weight excluding hydrogens is 346 g/mol. The Bertz CT molecular complexity index is 881. The van der Waals surface area contributed by atoms with Crippen LogP contribution in [0.1, 0.15) is 30.4 Å². The number of rotatable bonds is 5. The Kier molecular flexibility index (Phi) is 3.96. The standard InChI is InChI=1S/C21H21NO5/c1-11-17(19(23)24)18(11)21(22,20(25)26)10-14-12-6-2-4-8-15(12)27-16-9-5-3-7-13(14)16/h2-9,11,14,17-18H,10,22H2,1H3,(H,23,24)(H,25,26). The molecule has 4 atom stereocenters. The average Bonchev–Trinajstić information content (AvgIpc) is 3.33. The van der Waals surface area contributed by atoms with Crippen LogP contribution >= 0.6 is 0 Å². The predicted molar refractivity (Wildman–Crippen MR) is 97.8 cm³/mol. The van der Waals surface area contributed by atoms with Gasteiger partial charge in [-0.15, -0.1) is 0 Å². The summed E-state index contributed by atoms with van der Waals surface area (Å²) in [5.41, 5.74) is 6.51. The Morgan fingerprint density at radius 1 is 1.04 bits per heavy atom. The van der Waals surface area contributed by atoms with Gasteiger partial charge in [0.1, 0.15) is 17.0 Å². The molecule has 1 saturated carbocycles. The molecule has 6 nitrogen and oxygen atoms in total. The van der Waals surface area contributed by atoms with Gasteiger partial charge in [0.25, 0.3) is 0 Å². The summed E-state index contributed by atoms with van der Waals surface area (Å²) in [6, 6.07) is 15.0. The first-order valence-corrected chi connectivity index (χ1v) is 8.95. The van der Waals surface area contributed by atoms with E-state index >= 15 is 0 Å². The molecule has 0 radical (unpaired) electrons. The van der Waals surface area contributed by atoms with Gasteiger partial charge in [-0.25, -0.2) is 0 Å². The van der Waals surface area contributed by atoms with E-state index in [2.05, 4.69) is 0 Å². The van der Waals surface area contributed by atoms with Gasteiger partial charge in [0.15, 0.2) is 0 Å². The molecule has 0 amide bonds. The molecule has 2 aromatic rings. The number of benzene rings is 2. The fourth-order valence-electron chi connectivity index (χ4n) is 4.56. The molecule has 4 unspecified atom stereocenters. The fraction of sp³-hybridized carbons (Fsp3) is 0.333. The second kappa shape index (κ2) is 6.09. The first-order chi connectivity index (χ1) is 12.8. The van der Waals surface area contributed by atoms with Crippen molar-refractivity contribution in [1.29, 1.82) is 0 Å². The molecule has 140 valence electrons. The third-order valence-corrected chi connectivity index (χ3v) is 6.01. The van der Waals surface area contributed by atoms with Gasteiger partial charge in [0, 0.05) is 23.0 Å². The largest absolute Gasteiger partial charge is 0.481 e. The van der Waals surface area contributed by atoms with Crippen molar-refractivity contribution in [2.24, 2.45) is 23.5 Å². The normalized spacial score (nSPS) is 25.5. The number of nitrogens with two attached hydrogens (primary N) is 1. The lowest BCUT2D eigenvalue weighted by molar-refractivity contribution is -0.145. The molecule has 6 heteroatoms. The van der Waals surface area contributed by atoms with E-state index < -0.39 is 29.3 Å². The van der Waals surface area contributed by atoms with Gasteiger partial charge in [-0.3, -0.25) is 9.59 Å². The maximum Gasteiger partial charge on any atom is 0.324 e.